The van der Waals surface area contributed by atoms with Crippen LogP contribution in [0.3, 0.4) is 0 Å². The van der Waals surface area contributed by atoms with Crippen LogP contribution in [-0.4, -0.2) is 30.3 Å². The molecule has 3 heterocycles. The highest BCUT2D eigenvalue weighted by Crippen LogP contribution is 2.35. The van der Waals surface area contributed by atoms with Crippen molar-refractivity contribution in [2.75, 3.05) is 0 Å². The molecule has 0 spiro atoms. The Morgan fingerprint density at radius 3 is 0.814 bits per heavy atom. The predicted octanol–water partition coefficient (Wildman–Crippen LogP) is 10.0. The van der Waals surface area contributed by atoms with Crippen molar-refractivity contribution in [3.05, 3.63) is 285 Å². The zero-order chi connectivity index (χ0) is 46.5. The third-order valence-electron chi connectivity index (χ3n) is 14.7. The largest absolute Gasteiger partial charge is 0.308 e. The van der Waals surface area contributed by atoms with Crippen LogP contribution < -0.4 is 41.5 Å². The Morgan fingerprint density at radius 1 is 0.229 bits per heavy atom. The fourth-order valence-corrected chi connectivity index (χ4v) is 21.3. The van der Waals surface area contributed by atoms with Gasteiger partial charge in [0, 0.05) is 21.5 Å². The van der Waals surface area contributed by atoms with Gasteiger partial charge in [0.1, 0.15) is 0 Å². The number of benzene rings is 10. The van der Waals surface area contributed by atoms with E-state index in [4.69, 9.17) is 4.98 Å². The molecule has 0 aliphatic heterocycles. The fourth-order valence-electron chi connectivity index (χ4n) is 11.8. The zero-order valence-electron chi connectivity index (χ0n) is 38.5. The average molecular weight is 926 g/mol. The third kappa shape index (κ3) is 6.43. The first-order valence-corrected chi connectivity index (χ1v) is 28.1. The molecular formula is C65H47N3Si2. The van der Waals surface area contributed by atoms with E-state index < -0.39 is 16.1 Å². The van der Waals surface area contributed by atoms with Crippen molar-refractivity contribution in [2.45, 2.75) is 0 Å². The summed E-state index contributed by atoms with van der Waals surface area (Å²) in [5, 5.41) is 15.7. The van der Waals surface area contributed by atoms with Crippen molar-refractivity contribution in [3.8, 4) is 11.4 Å². The number of pyridine rings is 1. The Labute approximate surface area is 409 Å². The molecule has 0 N–H and O–H groups in total. The van der Waals surface area contributed by atoms with E-state index in [0.717, 1.165) is 33.4 Å². The van der Waals surface area contributed by atoms with Crippen LogP contribution in [0.25, 0.3) is 55.0 Å². The van der Waals surface area contributed by atoms with E-state index in [9.17, 15) is 0 Å². The summed E-state index contributed by atoms with van der Waals surface area (Å²) < 4.78 is 4.82. The lowest BCUT2D eigenvalue weighted by atomic mass is 10.1. The maximum absolute atomic E-state index is 5.05. The number of fused-ring (bicyclic) bond motifs is 6. The number of rotatable bonds is 10. The zero-order valence-corrected chi connectivity index (χ0v) is 40.5. The van der Waals surface area contributed by atoms with Gasteiger partial charge in [-0.1, -0.05) is 243 Å². The second-order valence-electron chi connectivity index (χ2n) is 18.3. The average Bonchev–Trinajstić information content (AvgIpc) is 3.96. The summed E-state index contributed by atoms with van der Waals surface area (Å²) in [6.45, 7) is 0. The van der Waals surface area contributed by atoms with Crippen LogP contribution in [0.4, 0.5) is 0 Å². The minimum absolute atomic E-state index is 1.01. The molecule has 0 aliphatic carbocycles. The van der Waals surface area contributed by atoms with Crippen LogP contribution in [0.1, 0.15) is 0 Å². The van der Waals surface area contributed by atoms with Gasteiger partial charge in [-0.15, -0.1) is 0 Å². The quantitative estimate of drug-likeness (QED) is 0.0990. The van der Waals surface area contributed by atoms with Crippen molar-refractivity contribution in [2.24, 2.45) is 0 Å². The minimum atomic E-state index is -2.77. The van der Waals surface area contributed by atoms with Gasteiger partial charge in [-0.05, 0) is 71.8 Å². The summed E-state index contributed by atoms with van der Waals surface area (Å²) in [4.78, 5) is 5.05. The van der Waals surface area contributed by atoms with Gasteiger partial charge in [0.05, 0.1) is 45.8 Å². The van der Waals surface area contributed by atoms with E-state index in [-0.39, 0.29) is 0 Å². The van der Waals surface area contributed by atoms with Gasteiger partial charge < -0.3 is 9.13 Å². The second-order valence-corrected chi connectivity index (χ2v) is 25.9. The summed E-state index contributed by atoms with van der Waals surface area (Å²) >= 11 is 0. The smallest absolute Gasteiger partial charge is 0.179 e. The maximum Gasteiger partial charge on any atom is 0.179 e. The van der Waals surface area contributed by atoms with Crippen molar-refractivity contribution < 1.29 is 0 Å². The summed E-state index contributed by atoms with van der Waals surface area (Å²) in [7, 11) is -5.54. The lowest BCUT2D eigenvalue weighted by Gasteiger charge is -2.34. The van der Waals surface area contributed by atoms with Crippen molar-refractivity contribution in [1.82, 2.24) is 14.1 Å². The van der Waals surface area contributed by atoms with E-state index >= 15 is 0 Å². The molecule has 0 saturated carbocycles. The number of hydrogen-bond donors (Lipinski definition) is 0. The highest BCUT2D eigenvalue weighted by molar-refractivity contribution is 7.20. The summed E-state index contributed by atoms with van der Waals surface area (Å²) in [5.41, 5.74) is 6.63. The molecule has 5 heteroatoms. The molecular weight excluding hydrogens is 879 g/mol. The monoisotopic (exact) mass is 925 g/mol. The van der Waals surface area contributed by atoms with E-state index in [1.807, 2.05) is 12.4 Å². The predicted molar refractivity (Wildman–Crippen MR) is 300 cm³/mol. The van der Waals surface area contributed by atoms with E-state index in [1.54, 1.807) is 0 Å². The van der Waals surface area contributed by atoms with Crippen LogP contribution in [0, 0.1) is 0 Å². The molecule has 0 atom stereocenters. The van der Waals surface area contributed by atoms with Crippen molar-refractivity contribution in [3.63, 3.8) is 0 Å². The lowest BCUT2D eigenvalue weighted by Crippen LogP contribution is -2.74. The van der Waals surface area contributed by atoms with Crippen LogP contribution >= 0.6 is 0 Å². The number of hydrogen-bond acceptors (Lipinski definition) is 1. The Hall–Kier alpha value is -8.62. The Balaban J connectivity index is 1.01. The van der Waals surface area contributed by atoms with Crippen molar-refractivity contribution >= 4 is 101 Å². The van der Waals surface area contributed by atoms with E-state index in [0.29, 0.717) is 0 Å². The molecule has 0 unspecified atom stereocenters. The first-order chi connectivity index (χ1) is 34.7. The molecule has 0 fully saturated rings. The van der Waals surface area contributed by atoms with Crippen LogP contribution in [-0.2, 0) is 0 Å². The molecule has 330 valence electrons. The van der Waals surface area contributed by atoms with Crippen LogP contribution in [0.15, 0.2) is 285 Å². The first kappa shape index (κ1) is 41.6. The minimum Gasteiger partial charge on any atom is -0.308 e. The van der Waals surface area contributed by atoms with Crippen LogP contribution in [0.5, 0.6) is 0 Å². The molecule has 13 rings (SSSR count). The Bertz CT molecular complexity index is 3530. The number of aromatic nitrogens is 3. The molecule has 0 aliphatic rings. The van der Waals surface area contributed by atoms with Gasteiger partial charge in [-0.3, -0.25) is 4.98 Å². The van der Waals surface area contributed by atoms with Gasteiger partial charge in [0.25, 0.3) is 0 Å². The third-order valence-corrected chi connectivity index (χ3v) is 24.2. The molecule has 0 saturated heterocycles. The van der Waals surface area contributed by atoms with Gasteiger partial charge in [-0.25, -0.2) is 0 Å². The standard InChI is InChI=1S/C65H47N3Si2/c1-7-23-50(24-8-1)69(51-25-9-2-10-26-51,52-27-11-3-12-28-52)56-39-41-64-60(44-56)58-35-19-21-37-62(58)67(64)48-43-49(47-66-46-48)68-63-38-22-20-36-59(63)61-45-57(40-42-65(61)68)70(53-29-13-4-14-30-53,54-31-15-5-16-32-54)55-33-17-6-18-34-55/h1-47H. The Kier molecular flexibility index (Phi) is 10.2. The first-order valence-electron chi connectivity index (χ1n) is 24.1. The highest BCUT2D eigenvalue weighted by atomic mass is 28.3. The molecule has 10 aromatic carbocycles. The van der Waals surface area contributed by atoms with Gasteiger partial charge >= 0.3 is 0 Å². The molecule has 0 amide bonds. The topological polar surface area (TPSA) is 22.8 Å². The second kappa shape index (κ2) is 17.2. The summed E-state index contributed by atoms with van der Waals surface area (Å²) in [6.07, 6.45) is 4.04. The Morgan fingerprint density at radius 2 is 0.500 bits per heavy atom. The highest BCUT2D eigenvalue weighted by Gasteiger charge is 2.43. The van der Waals surface area contributed by atoms with Gasteiger partial charge in [0.2, 0.25) is 0 Å². The molecule has 13 aromatic rings. The van der Waals surface area contributed by atoms with E-state index in [2.05, 4.69) is 282 Å². The van der Waals surface area contributed by atoms with Crippen molar-refractivity contribution in [1.29, 1.82) is 0 Å². The summed E-state index contributed by atoms with van der Waals surface area (Å²) in [5.74, 6) is 0. The molecule has 0 radical (unpaired) electrons. The SMILES string of the molecule is c1ccc([Si](c2ccccc2)(c2ccccc2)c2ccc3c(c2)c2ccccc2n3-c2cncc(-n3c4ccccc4c4cc([Si](c5ccccc5)(c5ccccc5)c5ccccc5)ccc43)c2)cc1. The van der Waals surface area contributed by atoms with Gasteiger partial charge in [0.15, 0.2) is 16.1 Å². The van der Waals surface area contributed by atoms with E-state index in [1.165, 1.54) is 63.0 Å². The fraction of sp³-hybridized carbons (Fsp3) is 0. The molecule has 0 bridgehead atoms. The molecule has 3 aromatic heterocycles. The number of para-hydroxylation sites is 2. The molecule has 70 heavy (non-hydrogen) atoms. The summed E-state index contributed by atoms with van der Waals surface area (Å²) in [6, 6.07) is 102. The lowest BCUT2D eigenvalue weighted by molar-refractivity contribution is 1.09. The van der Waals surface area contributed by atoms with Crippen LogP contribution in [0.2, 0.25) is 0 Å². The maximum atomic E-state index is 5.05. The normalized spacial score (nSPS) is 12.0. The number of nitrogens with zero attached hydrogens (tertiary/aromatic N) is 3. The van der Waals surface area contributed by atoms with Gasteiger partial charge in [-0.2, -0.15) is 0 Å². The molecule has 3 nitrogen and oxygen atoms in total.